The van der Waals surface area contributed by atoms with E-state index in [9.17, 15) is 9.59 Å². The molecule has 0 aliphatic rings. The molecule has 0 radical (unpaired) electrons. The van der Waals surface area contributed by atoms with Crippen LogP contribution in [0.2, 0.25) is 0 Å². The van der Waals surface area contributed by atoms with Gasteiger partial charge in [-0.2, -0.15) is 0 Å². The normalized spacial score (nSPS) is 11.9. The third-order valence-corrected chi connectivity index (χ3v) is 6.73. The number of amides is 2. The molecule has 0 saturated heterocycles. The Morgan fingerprint density at radius 3 is 2.46 bits per heavy atom. The Kier molecular flexibility index (Phi) is 6.92. The average Bonchev–Trinajstić information content (AvgIpc) is 3.42. The van der Waals surface area contributed by atoms with Crippen molar-refractivity contribution in [3.8, 4) is 5.69 Å². The van der Waals surface area contributed by atoms with Crippen molar-refractivity contribution < 1.29 is 9.21 Å². The highest BCUT2D eigenvalue weighted by Crippen LogP contribution is 2.26. The molecule has 7 nitrogen and oxygen atoms in total. The largest absolute Gasteiger partial charge is 0.467 e. The summed E-state index contributed by atoms with van der Waals surface area (Å²) in [6.45, 7) is 4.04. The fraction of sp³-hybridized carbons (Fsp3) is 0.138. The quantitative estimate of drug-likeness (QED) is 0.248. The number of para-hydroxylation sites is 1. The van der Waals surface area contributed by atoms with Crippen molar-refractivity contribution in [1.82, 2.24) is 14.5 Å². The van der Waals surface area contributed by atoms with Gasteiger partial charge in [0.1, 0.15) is 11.6 Å². The van der Waals surface area contributed by atoms with E-state index in [1.54, 1.807) is 27.9 Å². The maximum Gasteiger partial charge on any atom is 0.322 e. The number of rotatable bonds is 6. The maximum atomic E-state index is 13.7. The van der Waals surface area contributed by atoms with Crippen molar-refractivity contribution >= 4 is 38.6 Å². The molecule has 2 heterocycles. The highest BCUT2D eigenvalue weighted by molar-refractivity contribution is 9.10. The summed E-state index contributed by atoms with van der Waals surface area (Å²) in [6.07, 6.45) is 1.57. The van der Waals surface area contributed by atoms with Gasteiger partial charge in [-0.05, 0) is 74.5 Å². The zero-order chi connectivity index (χ0) is 25.9. The second kappa shape index (κ2) is 10.4. The van der Waals surface area contributed by atoms with E-state index in [2.05, 4.69) is 21.2 Å². The van der Waals surface area contributed by atoms with E-state index >= 15 is 0 Å². The van der Waals surface area contributed by atoms with Gasteiger partial charge in [-0.1, -0.05) is 45.8 Å². The number of urea groups is 1. The number of halogens is 1. The van der Waals surface area contributed by atoms with E-state index < -0.39 is 6.04 Å². The summed E-state index contributed by atoms with van der Waals surface area (Å²) in [5.41, 5.74) is 2.79. The predicted octanol–water partition coefficient (Wildman–Crippen LogP) is 6.84. The summed E-state index contributed by atoms with van der Waals surface area (Å²) in [4.78, 5) is 33.9. The van der Waals surface area contributed by atoms with Crippen LogP contribution in [0.5, 0.6) is 0 Å². The maximum absolute atomic E-state index is 13.7. The number of furan rings is 1. The van der Waals surface area contributed by atoms with Crippen LogP contribution in [0.15, 0.2) is 105 Å². The number of carbonyl (C=O) groups is 1. The van der Waals surface area contributed by atoms with E-state index in [0.29, 0.717) is 33.9 Å². The molecule has 3 aromatic carbocycles. The average molecular weight is 557 g/mol. The fourth-order valence-corrected chi connectivity index (χ4v) is 4.46. The second-order valence-corrected chi connectivity index (χ2v) is 9.70. The van der Waals surface area contributed by atoms with Crippen molar-refractivity contribution in [1.29, 1.82) is 0 Å². The van der Waals surface area contributed by atoms with Gasteiger partial charge in [0.25, 0.3) is 5.56 Å². The molecule has 8 heteroatoms. The molecule has 5 aromatic rings. The van der Waals surface area contributed by atoms with Crippen molar-refractivity contribution in [2.24, 2.45) is 0 Å². The summed E-state index contributed by atoms with van der Waals surface area (Å²) in [6, 6.07) is 24.9. The summed E-state index contributed by atoms with van der Waals surface area (Å²) in [7, 11) is 0. The van der Waals surface area contributed by atoms with Gasteiger partial charge in [-0.3, -0.25) is 9.36 Å². The Balaban J connectivity index is 1.63. The van der Waals surface area contributed by atoms with E-state index in [-0.39, 0.29) is 18.1 Å². The first-order valence-corrected chi connectivity index (χ1v) is 12.6. The summed E-state index contributed by atoms with van der Waals surface area (Å²) < 4.78 is 8.04. The van der Waals surface area contributed by atoms with Crippen LogP contribution in [-0.4, -0.2) is 20.5 Å². The Labute approximate surface area is 222 Å². The molecule has 0 fully saturated rings. The number of aryl methyl sites for hydroxylation is 1. The molecule has 0 spiro atoms. The topological polar surface area (TPSA) is 80.4 Å². The molecule has 0 bridgehead atoms. The van der Waals surface area contributed by atoms with Crippen LogP contribution in [0.3, 0.4) is 0 Å². The molecule has 1 N–H and O–H groups in total. The number of fused-ring (bicyclic) bond motifs is 1. The van der Waals surface area contributed by atoms with Gasteiger partial charge in [-0.25, -0.2) is 9.78 Å². The zero-order valence-corrected chi connectivity index (χ0v) is 22.0. The van der Waals surface area contributed by atoms with Gasteiger partial charge in [-0.15, -0.1) is 0 Å². The van der Waals surface area contributed by atoms with E-state index in [1.807, 2.05) is 86.6 Å². The van der Waals surface area contributed by atoms with Crippen LogP contribution in [0.1, 0.15) is 30.1 Å². The summed E-state index contributed by atoms with van der Waals surface area (Å²) in [5, 5.41) is 3.48. The van der Waals surface area contributed by atoms with Crippen LogP contribution < -0.4 is 10.9 Å². The van der Waals surface area contributed by atoms with Crippen LogP contribution in [0, 0.1) is 6.92 Å². The molecule has 0 aliphatic carbocycles. The van der Waals surface area contributed by atoms with Gasteiger partial charge in [0.15, 0.2) is 0 Å². The molecular formula is C29H25BrN4O3. The molecule has 0 saturated carbocycles. The predicted molar refractivity (Wildman–Crippen MR) is 148 cm³/mol. The number of nitrogens with one attached hydrogen (secondary N) is 1. The first kappa shape index (κ1) is 24.5. The lowest BCUT2D eigenvalue weighted by Crippen LogP contribution is -2.39. The van der Waals surface area contributed by atoms with Gasteiger partial charge in [0.2, 0.25) is 0 Å². The van der Waals surface area contributed by atoms with Crippen LogP contribution in [0.4, 0.5) is 10.5 Å². The molecule has 1 unspecified atom stereocenters. The molecule has 5 rings (SSSR count). The van der Waals surface area contributed by atoms with Crippen LogP contribution in [-0.2, 0) is 6.54 Å². The van der Waals surface area contributed by atoms with Gasteiger partial charge >= 0.3 is 6.03 Å². The second-order valence-electron chi connectivity index (χ2n) is 8.78. The van der Waals surface area contributed by atoms with Gasteiger partial charge < -0.3 is 14.6 Å². The highest BCUT2D eigenvalue weighted by Gasteiger charge is 2.28. The van der Waals surface area contributed by atoms with Crippen molar-refractivity contribution in [2.75, 3.05) is 5.32 Å². The standard InChI is InChI=1S/C29H25BrN4O3/c1-19-9-13-22(14-10-19)31-29(36)33(18-24-6-5-17-37-24)20(2)27-32-26-8-4-3-7-25(26)28(35)34(27)23-15-11-21(30)12-16-23/h3-17,20H,18H2,1-2H3,(H,31,36). The van der Waals surface area contributed by atoms with Crippen molar-refractivity contribution in [2.45, 2.75) is 26.4 Å². The first-order chi connectivity index (χ1) is 17.9. The Bertz CT molecular complexity index is 1590. The lowest BCUT2D eigenvalue weighted by atomic mass is 10.1. The SMILES string of the molecule is Cc1ccc(NC(=O)N(Cc2ccco2)C(C)c2nc3ccccc3c(=O)n2-c2ccc(Br)cc2)cc1. The Morgan fingerprint density at radius 1 is 1.03 bits per heavy atom. The molecule has 2 aromatic heterocycles. The Morgan fingerprint density at radius 2 is 1.76 bits per heavy atom. The zero-order valence-electron chi connectivity index (χ0n) is 20.4. The fourth-order valence-electron chi connectivity index (χ4n) is 4.20. The number of hydrogen-bond acceptors (Lipinski definition) is 4. The number of benzene rings is 3. The molecule has 2 amide bonds. The molecular weight excluding hydrogens is 532 g/mol. The number of hydrogen-bond donors (Lipinski definition) is 1. The Hall–Kier alpha value is -4.17. The lowest BCUT2D eigenvalue weighted by Gasteiger charge is -2.30. The van der Waals surface area contributed by atoms with Gasteiger partial charge in [0.05, 0.1) is 35.4 Å². The van der Waals surface area contributed by atoms with E-state index in [0.717, 1.165) is 10.0 Å². The van der Waals surface area contributed by atoms with Gasteiger partial charge in [0, 0.05) is 10.2 Å². The molecule has 1 atom stereocenters. The number of carbonyl (C=O) groups excluding carboxylic acids is 1. The number of anilines is 1. The van der Waals surface area contributed by atoms with Crippen LogP contribution >= 0.6 is 15.9 Å². The third-order valence-electron chi connectivity index (χ3n) is 6.20. The summed E-state index contributed by atoms with van der Waals surface area (Å²) >= 11 is 3.46. The third kappa shape index (κ3) is 5.20. The minimum atomic E-state index is -0.587. The highest BCUT2D eigenvalue weighted by atomic mass is 79.9. The number of aromatic nitrogens is 2. The van der Waals surface area contributed by atoms with E-state index in [1.165, 1.54) is 0 Å². The minimum absolute atomic E-state index is 0.189. The van der Waals surface area contributed by atoms with E-state index in [4.69, 9.17) is 9.40 Å². The van der Waals surface area contributed by atoms with Crippen LogP contribution in [0.25, 0.3) is 16.6 Å². The summed E-state index contributed by atoms with van der Waals surface area (Å²) in [5.74, 6) is 1.06. The minimum Gasteiger partial charge on any atom is -0.467 e. The number of nitrogens with zero attached hydrogens (tertiary/aromatic N) is 3. The molecule has 0 aliphatic heterocycles. The smallest absolute Gasteiger partial charge is 0.322 e. The molecule has 186 valence electrons. The monoisotopic (exact) mass is 556 g/mol. The van der Waals surface area contributed by atoms with Crippen molar-refractivity contribution in [3.63, 3.8) is 0 Å². The lowest BCUT2D eigenvalue weighted by molar-refractivity contribution is 0.179. The first-order valence-electron chi connectivity index (χ1n) is 11.8. The van der Waals surface area contributed by atoms with Crippen molar-refractivity contribution in [3.05, 3.63) is 123 Å². The molecule has 37 heavy (non-hydrogen) atoms.